The van der Waals surface area contributed by atoms with Crippen LogP contribution in [-0.2, 0) is 9.47 Å². The summed E-state index contributed by atoms with van der Waals surface area (Å²) in [6, 6.07) is 7.28. The number of hydrogen-bond donors (Lipinski definition) is 2. The Labute approximate surface area is 158 Å². The maximum Gasteiger partial charge on any atom is 0.232 e. The van der Waals surface area contributed by atoms with E-state index in [1.54, 1.807) is 13.2 Å². The van der Waals surface area contributed by atoms with Gasteiger partial charge >= 0.3 is 0 Å². The van der Waals surface area contributed by atoms with Gasteiger partial charge in [-0.05, 0) is 25.1 Å². The van der Waals surface area contributed by atoms with Gasteiger partial charge in [-0.1, -0.05) is 0 Å². The highest BCUT2D eigenvalue weighted by atomic mass is 16.5. The molecule has 0 spiro atoms. The molecule has 1 fully saturated rings. The number of ether oxygens (including phenoxy) is 3. The molecule has 4 N–H and O–H groups in total. The average molecular weight is 372 g/mol. The summed E-state index contributed by atoms with van der Waals surface area (Å²) in [5.41, 5.74) is 8.48. The highest BCUT2D eigenvalue weighted by molar-refractivity contribution is 6.11. The third-order valence-electron chi connectivity index (χ3n) is 4.36. The third-order valence-corrected chi connectivity index (χ3v) is 4.36. The normalized spacial score (nSPS) is 17.0. The molecule has 1 aromatic heterocycles. The van der Waals surface area contributed by atoms with Gasteiger partial charge in [0.05, 0.1) is 24.9 Å². The van der Waals surface area contributed by atoms with E-state index in [1.807, 2.05) is 25.1 Å². The summed E-state index contributed by atoms with van der Waals surface area (Å²) in [5.74, 6) is 1.50. The summed E-state index contributed by atoms with van der Waals surface area (Å²) >= 11 is 0. The van der Waals surface area contributed by atoms with Crippen molar-refractivity contribution >= 4 is 17.2 Å². The van der Waals surface area contributed by atoms with Crippen LogP contribution in [-0.4, -0.2) is 61.8 Å². The molecular formula is C19H26N5O3+. The van der Waals surface area contributed by atoms with E-state index in [1.165, 1.54) is 6.33 Å². The molecule has 2 heterocycles. The summed E-state index contributed by atoms with van der Waals surface area (Å²) < 4.78 is 16.2. The summed E-state index contributed by atoms with van der Waals surface area (Å²) in [5, 5.41) is 6.39. The number of methoxy groups -OCH3 is 1. The first-order valence-electron chi connectivity index (χ1n) is 8.91. The van der Waals surface area contributed by atoms with Crippen molar-refractivity contribution in [2.24, 2.45) is 0 Å². The highest BCUT2D eigenvalue weighted by Gasteiger charge is 2.21. The lowest BCUT2D eigenvalue weighted by molar-refractivity contribution is -0.111. The van der Waals surface area contributed by atoms with E-state index >= 15 is 0 Å². The first kappa shape index (κ1) is 19.1. The Hall–Kier alpha value is -2.71. The number of morpholine rings is 1. The van der Waals surface area contributed by atoms with Crippen molar-refractivity contribution in [3.63, 3.8) is 0 Å². The molecule has 0 bridgehead atoms. The van der Waals surface area contributed by atoms with E-state index in [0.29, 0.717) is 48.2 Å². The minimum absolute atomic E-state index is 0.162. The predicted molar refractivity (Wildman–Crippen MR) is 103 cm³/mol. The zero-order valence-electron chi connectivity index (χ0n) is 15.7. The fraction of sp³-hybridized carbons (Fsp3) is 0.421. The minimum Gasteiger partial charge on any atom is -0.491 e. The van der Waals surface area contributed by atoms with E-state index in [4.69, 9.17) is 25.4 Å². The number of aromatic nitrogens is 2. The molecule has 1 aliphatic rings. The van der Waals surface area contributed by atoms with Crippen LogP contribution in [0.15, 0.2) is 30.6 Å². The lowest BCUT2D eigenvalue weighted by Gasteiger charge is -2.31. The predicted octanol–water partition coefficient (Wildman–Crippen LogP) is -0.0944. The van der Waals surface area contributed by atoms with Crippen LogP contribution in [0.4, 0.5) is 11.5 Å². The molecule has 27 heavy (non-hydrogen) atoms. The molecule has 0 unspecified atom stereocenters. The molecule has 2 aromatic rings. The summed E-state index contributed by atoms with van der Waals surface area (Å²) in [4.78, 5) is 10.9. The Morgan fingerprint density at radius 2 is 2.19 bits per heavy atom. The second-order valence-corrected chi connectivity index (χ2v) is 6.39. The van der Waals surface area contributed by atoms with Crippen molar-refractivity contribution in [1.82, 2.24) is 9.97 Å². The molecule has 1 atom stereocenters. The van der Waals surface area contributed by atoms with Crippen LogP contribution in [0.2, 0.25) is 0 Å². The van der Waals surface area contributed by atoms with E-state index in [9.17, 15) is 0 Å². The molecule has 0 aliphatic carbocycles. The first-order valence-corrected chi connectivity index (χ1v) is 8.91. The molecule has 0 radical (unpaired) electrons. The summed E-state index contributed by atoms with van der Waals surface area (Å²) in [7, 11) is 1.63. The number of nitrogen functional groups attached to an aromatic ring is 1. The van der Waals surface area contributed by atoms with Crippen LogP contribution >= 0.6 is 0 Å². The van der Waals surface area contributed by atoms with Gasteiger partial charge in [0, 0.05) is 32.0 Å². The number of nitrogens with two attached hydrogens (primary N) is 2. The van der Waals surface area contributed by atoms with Crippen LogP contribution in [0.1, 0.15) is 18.2 Å². The van der Waals surface area contributed by atoms with Crippen LogP contribution in [0.25, 0.3) is 0 Å². The smallest absolute Gasteiger partial charge is 0.232 e. The topological polar surface area (TPSA) is 108 Å². The molecule has 0 saturated carbocycles. The standard InChI is InChI=1S/C19H25N5O3/c1-13-11-24(5-6-26-13)18-10-17(22-12-23-18)19(21)15-9-14(3-4-16(15)20)27-8-7-25-2/h3-4,9-10,12-13,21H,5-8,11,20H2,1-2H3/p+1/t13-/m0/s1. The van der Waals surface area contributed by atoms with E-state index in [2.05, 4.69) is 14.9 Å². The van der Waals surface area contributed by atoms with Crippen molar-refractivity contribution in [1.29, 1.82) is 0 Å². The van der Waals surface area contributed by atoms with Crippen LogP contribution in [0.5, 0.6) is 5.75 Å². The van der Waals surface area contributed by atoms with Crippen molar-refractivity contribution in [2.75, 3.05) is 50.7 Å². The maximum atomic E-state index is 6.39. The monoisotopic (exact) mass is 372 g/mol. The SMILES string of the molecule is COCCOc1ccc(N)c(C(=[NH2+])c2cc(N3CCO[C@@H](C)C3)ncn2)c1. The van der Waals surface area contributed by atoms with E-state index in [0.717, 1.165) is 18.9 Å². The molecule has 1 aromatic carbocycles. The van der Waals surface area contributed by atoms with Crippen LogP contribution in [0, 0.1) is 0 Å². The minimum atomic E-state index is 0.162. The molecular weight excluding hydrogens is 346 g/mol. The number of rotatable bonds is 7. The van der Waals surface area contributed by atoms with Crippen molar-refractivity contribution < 1.29 is 19.6 Å². The van der Waals surface area contributed by atoms with Crippen molar-refractivity contribution in [3.8, 4) is 5.75 Å². The molecule has 8 nitrogen and oxygen atoms in total. The third kappa shape index (κ3) is 4.72. The second kappa shape index (κ2) is 8.79. The molecule has 1 aliphatic heterocycles. The first-order chi connectivity index (χ1) is 13.1. The van der Waals surface area contributed by atoms with Gasteiger partial charge in [-0.2, -0.15) is 0 Å². The number of nitrogens with zero attached hydrogens (tertiary/aromatic N) is 3. The molecule has 0 amide bonds. The average Bonchev–Trinajstić information content (AvgIpc) is 2.69. The highest BCUT2D eigenvalue weighted by Crippen LogP contribution is 2.23. The van der Waals surface area contributed by atoms with Gasteiger partial charge in [0.15, 0.2) is 0 Å². The summed E-state index contributed by atoms with van der Waals surface area (Å²) in [6.07, 6.45) is 1.68. The zero-order chi connectivity index (χ0) is 19.2. The summed E-state index contributed by atoms with van der Waals surface area (Å²) in [6.45, 7) is 5.24. The van der Waals surface area contributed by atoms with Gasteiger partial charge < -0.3 is 24.8 Å². The Balaban J connectivity index is 1.81. The molecule has 144 valence electrons. The van der Waals surface area contributed by atoms with Gasteiger partial charge in [0.2, 0.25) is 5.71 Å². The van der Waals surface area contributed by atoms with Gasteiger partial charge in [0.1, 0.15) is 30.2 Å². The second-order valence-electron chi connectivity index (χ2n) is 6.39. The molecule has 3 rings (SSSR count). The lowest BCUT2D eigenvalue weighted by atomic mass is 10.0. The fourth-order valence-corrected chi connectivity index (χ4v) is 2.93. The van der Waals surface area contributed by atoms with Gasteiger partial charge in [-0.15, -0.1) is 0 Å². The zero-order valence-corrected chi connectivity index (χ0v) is 15.7. The lowest BCUT2D eigenvalue weighted by Crippen LogP contribution is -2.43. The van der Waals surface area contributed by atoms with Crippen LogP contribution in [0.3, 0.4) is 0 Å². The molecule has 1 saturated heterocycles. The Kier molecular flexibility index (Phi) is 6.20. The Morgan fingerprint density at radius 1 is 1.33 bits per heavy atom. The number of anilines is 2. The quantitative estimate of drug-likeness (QED) is 0.397. The maximum absolute atomic E-state index is 6.39. The largest absolute Gasteiger partial charge is 0.491 e. The van der Waals surface area contributed by atoms with E-state index in [-0.39, 0.29) is 6.10 Å². The molecule has 8 heteroatoms. The number of benzene rings is 1. The fourth-order valence-electron chi connectivity index (χ4n) is 2.93. The van der Waals surface area contributed by atoms with Gasteiger partial charge in [-0.3, -0.25) is 5.41 Å². The number of hydrogen-bond acceptors (Lipinski definition) is 7. The van der Waals surface area contributed by atoms with Crippen LogP contribution < -0.4 is 20.8 Å². The Bertz CT molecular complexity index is 799. The van der Waals surface area contributed by atoms with E-state index < -0.39 is 0 Å². The Morgan fingerprint density at radius 3 is 2.96 bits per heavy atom. The van der Waals surface area contributed by atoms with Crippen molar-refractivity contribution in [3.05, 3.63) is 41.9 Å². The van der Waals surface area contributed by atoms with Gasteiger partial charge in [0.25, 0.3) is 0 Å². The van der Waals surface area contributed by atoms with Crippen molar-refractivity contribution in [2.45, 2.75) is 13.0 Å². The van der Waals surface area contributed by atoms with Gasteiger partial charge in [-0.25, -0.2) is 9.97 Å².